The molecule has 1 aromatic heterocycles. The van der Waals surface area contributed by atoms with Crippen LogP contribution in [0.1, 0.15) is 5.69 Å². The standard InChI is InChI=1S/C13H20BrN3S/c1-15-12(13-9-18-6-5-17(13)2)7-11-4-3-10(14)8-16-11/h3-4,8,12-13,15H,5-7,9H2,1-2H3. The average molecular weight is 330 g/mol. The summed E-state index contributed by atoms with van der Waals surface area (Å²) in [6.45, 7) is 1.18. The first-order valence-electron chi connectivity index (χ1n) is 6.26. The lowest BCUT2D eigenvalue weighted by Crippen LogP contribution is -2.52. The molecule has 100 valence electrons. The summed E-state index contributed by atoms with van der Waals surface area (Å²) in [5.74, 6) is 2.46. The minimum atomic E-state index is 0.469. The number of pyridine rings is 1. The molecular formula is C13H20BrN3S. The Balaban J connectivity index is 2.02. The Morgan fingerprint density at radius 3 is 3.06 bits per heavy atom. The summed E-state index contributed by atoms with van der Waals surface area (Å²) in [5.41, 5.74) is 1.15. The maximum absolute atomic E-state index is 4.47. The largest absolute Gasteiger partial charge is 0.315 e. The van der Waals surface area contributed by atoms with Gasteiger partial charge in [-0.25, -0.2) is 0 Å². The highest BCUT2D eigenvalue weighted by atomic mass is 79.9. The fourth-order valence-corrected chi connectivity index (χ4v) is 3.86. The van der Waals surface area contributed by atoms with Gasteiger partial charge in [0, 0.05) is 52.9 Å². The molecule has 0 bridgehead atoms. The Kier molecular flexibility index (Phi) is 5.48. The molecule has 0 spiro atoms. The van der Waals surface area contributed by atoms with Crippen molar-refractivity contribution in [3.8, 4) is 0 Å². The molecule has 1 N–H and O–H groups in total. The molecule has 3 nitrogen and oxygen atoms in total. The molecule has 0 saturated carbocycles. The van der Waals surface area contributed by atoms with Gasteiger partial charge in [-0.15, -0.1) is 0 Å². The maximum atomic E-state index is 4.47. The topological polar surface area (TPSA) is 28.2 Å². The smallest absolute Gasteiger partial charge is 0.0420 e. The van der Waals surface area contributed by atoms with Crippen LogP contribution in [-0.2, 0) is 6.42 Å². The van der Waals surface area contributed by atoms with Crippen LogP contribution in [0.25, 0.3) is 0 Å². The molecule has 0 aromatic carbocycles. The third-order valence-electron chi connectivity index (χ3n) is 3.50. The van der Waals surface area contributed by atoms with Gasteiger partial charge in [0.05, 0.1) is 0 Å². The lowest BCUT2D eigenvalue weighted by atomic mass is 10.0. The van der Waals surface area contributed by atoms with E-state index >= 15 is 0 Å². The van der Waals surface area contributed by atoms with E-state index in [1.54, 1.807) is 0 Å². The van der Waals surface area contributed by atoms with Crippen molar-refractivity contribution in [2.45, 2.75) is 18.5 Å². The zero-order chi connectivity index (χ0) is 13.0. The number of likely N-dealkylation sites (N-methyl/N-ethyl adjacent to an activating group) is 2. The highest BCUT2D eigenvalue weighted by molar-refractivity contribution is 9.10. The molecule has 2 unspecified atom stereocenters. The predicted molar refractivity (Wildman–Crippen MR) is 82.2 cm³/mol. The summed E-state index contributed by atoms with van der Waals surface area (Å²) in [7, 11) is 4.28. The molecule has 2 rings (SSSR count). The first-order chi connectivity index (χ1) is 8.70. The third kappa shape index (κ3) is 3.70. The summed E-state index contributed by atoms with van der Waals surface area (Å²) in [6, 6.07) is 5.23. The van der Waals surface area contributed by atoms with Gasteiger partial charge >= 0.3 is 0 Å². The van der Waals surface area contributed by atoms with E-state index in [-0.39, 0.29) is 0 Å². The van der Waals surface area contributed by atoms with Crippen LogP contribution in [0.5, 0.6) is 0 Å². The second-order valence-corrected chi connectivity index (χ2v) is 6.76. The summed E-state index contributed by atoms with van der Waals surface area (Å²) in [6.07, 6.45) is 2.86. The molecular weight excluding hydrogens is 310 g/mol. The van der Waals surface area contributed by atoms with E-state index in [1.165, 1.54) is 18.1 Å². The molecule has 0 amide bonds. The van der Waals surface area contributed by atoms with Crippen molar-refractivity contribution >= 4 is 27.7 Å². The lowest BCUT2D eigenvalue weighted by Gasteiger charge is -2.37. The van der Waals surface area contributed by atoms with Crippen LogP contribution in [0.15, 0.2) is 22.8 Å². The number of nitrogens with zero attached hydrogens (tertiary/aromatic N) is 2. The molecule has 2 atom stereocenters. The minimum absolute atomic E-state index is 0.469. The molecule has 1 aromatic rings. The molecule has 0 aliphatic carbocycles. The minimum Gasteiger partial charge on any atom is -0.315 e. The van der Waals surface area contributed by atoms with Crippen molar-refractivity contribution in [2.75, 3.05) is 32.1 Å². The first kappa shape index (κ1) is 14.3. The summed E-state index contributed by atoms with van der Waals surface area (Å²) in [4.78, 5) is 6.94. The normalized spacial score (nSPS) is 22.9. The lowest BCUT2D eigenvalue weighted by molar-refractivity contribution is 0.218. The summed E-state index contributed by atoms with van der Waals surface area (Å²) >= 11 is 5.48. The van der Waals surface area contributed by atoms with E-state index < -0.39 is 0 Å². The van der Waals surface area contributed by atoms with E-state index in [1.807, 2.05) is 6.20 Å². The van der Waals surface area contributed by atoms with Crippen LogP contribution in [0.3, 0.4) is 0 Å². The Labute approximate surface area is 122 Å². The monoisotopic (exact) mass is 329 g/mol. The number of hydrogen-bond acceptors (Lipinski definition) is 4. The second kappa shape index (κ2) is 6.89. The molecule has 1 fully saturated rings. The van der Waals surface area contributed by atoms with Crippen molar-refractivity contribution in [2.24, 2.45) is 0 Å². The summed E-state index contributed by atoms with van der Waals surface area (Å²) < 4.78 is 1.04. The quantitative estimate of drug-likeness (QED) is 0.914. The first-order valence-corrected chi connectivity index (χ1v) is 8.21. The number of halogens is 1. The SMILES string of the molecule is CNC(Cc1ccc(Br)cn1)C1CSCCN1C. The maximum Gasteiger partial charge on any atom is 0.0420 e. The van der Waals surface area contributed by atoms with E-state index in [0.717, 1.165) is 16.6 Å². The molecule has 1 aliphatic heterocycles. The zero-order valence-electron chi connectivity index (χ0n) is 10.9. The number of aromatic nitrogens is 1. The molecule has 1 aliphatic rings. The second-order valence-electron chi connectivity index (χ2n) is 4.69. The van der Waals surface area contributed by atoms with Gasteiger partial charge in [0.25, 0.3) is 0 Å². The highest BCUT2D eigenvalue weighted by Crippen LogP contribution is 2.19. The molecule has 0 radical (unpaired) electrons. The molecule has 5 heteroatoms. The average Bonchev–Trinajstić information content (AvgIpc) is 2.39. The van der Waals surface area contributed by atoms with Crippen molar-refractivity contribution in [1.29, 1.82) is 0 Å². The van der Waals surface area contributed by atoms with Gasteiger partial charge < -0.3 is 10.2 Å². The van der Waals surface area contributed by atoms with Crippen LogP contribution in [0.2, 0.25) is 0 Å². The van der Waals surface area contributed by atoms with Gasteiger partial charge in [-0.2, -0.15) is 11.8 Å². The van der Waals surface area contributed by atoms with Gasteiger partial charge in [0.15, 0.2) is 0 Å². The van der Waals surface area contributed by atoms with Crippen LogP contribution in [-0.4, -0.2) is 54.1 Å². The molecule has 1 saturated heterocycles. The van der Waals surface area contributed by atoms with Gasteiger partial charge in [0.2, 0.25) is 0 Å². The van der Waals surface area contributed by atoms with Crippen molar-refractivity contribution in [1.82, 2.24) is 15.2 Å². The van der Waals surface area contributed by atoms with E-state index in [0.29, 0.717) is 12.1 Å². The Bertz CT molecular complexity index is 371. The fraction of sp³-hybridized carbons (Fsp3) is 0.615. The van der Waals surface area contributed by atoms with Crippen LogP contribution < -0.4 is 5.32 Å². The van der Waals surface area contributed by atoms with Crippen LogP contribution in [0, 0.1) is 0 Å². The molecule has 18 heavy (non-hydrogen) atoms. The van der Waals surface area contributed by atoms with Gasteiger partial charge in [0.1, 0.15) is 0 Å². The predicted octanol–water partition coefficient (Wildman–Crippen LogP) is 2.02. The number of hydrogen-bond donors (Lipinski definition) is 1. The van der Waals surface area contributed by atoms with Crippen LogP contribution in [0.4, 0.5) is 0 Å². The number of thioether (sulfide) groups is 1. The number of nitrogens with one attached hydrogen (secondary N) is 1. The summed E-state index contributed by atoms with van der Waals surface area (Å²) in [5, 5.41) is 3.46. The Morgan fingerprint density at radius 1 is 1.61 bits per heavy atom. The van der Waals surface area contributed by atoms with Crippen molar-refractivity contribution in [3.63, 3.8) is 0 Å². The van der Waals surface area contributed by atoms with Gasteiger partial charge in [-0.3, -0.25) is 4.98 Å². The third-order valence-corrected chi connectivity index (χ3v) is 5.01. The van der Waals surface area contributed by atoms with E-state index in [4.69, 9.17) is 0 Å². The Morgan fingerprint density at radius 2 is 2.44 bits per heavy atom. The van der Waals surface area contributed by atoms with Gasteiger partial charge in [-0.05, 0) is 42.2 Å². The van der Waals surface area contributed by atoms with Crippen LogP contribution >= 0.6 is 27.7 Å². The Hall–Kier alpha value is -0.100. The van der Waals surface area contributed by atoms with Gasteiger partial charge in [-0.1, -0.05) is 0 Å². The van der Waals surface area contributed by atoms with E-state index in [2.05, 4.69) is 69.1 Å². The fourth-order valence-electron chi connectivity index (χ4n) is 2.31. The highest BCUT2D eigenvalue weighted by Gasteiger charge is 2.27. The van der Waals surface area contributed by atoms with Crippen molar-refractivity contribution in [3.05, 3.63) is 28.5 Å². The number of rotatable bonds is 4. The molecule has 2 heterocycles. The van der Waals surface area contributed by atoms with Crippen molar-refractivity contribution < 1.29 is 0 Å². The zero-order valence-corrected chi connectivity index (χ0v) is 13.3. The van der Waals surface area contributed by atoms with E-state index in [9.17, 15) is 0 Å².